The van der Waals surface area contributed by atoms with Crippen LogP contribution >= 0.6 is 0 Å². The van der Waals surface area contributed by atoms with Crippen LogP contribution in [0.2, 0.25) is 0 Å². The van der Waals surface area contributed by atoms with Gasteiger partial charge in [0.25, 0.3) is 20.0 Å². The van der Waals surface area contributed by atoms with Crippen LogP contribution in [0.15, 0.2) is 107 Å². The van der Waals surface area contributed by atoms with E-state index in [2.05, 4.69) is 10.0 Å². The van der Waals surface area contributed by atoms with Crippen molar-refractivity contribution in [1.82, 2.24) is 0 Å². The van der Waals surface area contributed by atoms with Gasteiger partial charge in [-0.15, -0.1) is 0 Å². The largest absolute Gasteiger partial charge is 0.325 e. The summed E-state index contributed by atoms with van der Waals surface area (Å²) in [5.41, 5.74) is 2.93. The van der Waals surface area contributed by atoms with Gasteiger partial charge >= 0.3 is 0 Å². The molecule has 0 heterocycles. The van der Waals surface area contributed by atoms with Crippen molar-refractivity contribution in [3.05, 3.63) is 114 Å². The molecule has 0 aliphatic heterocycles. The summed E-state index contributed by atoms with van der Waals surface area (Å²) in [5, 5.41) is 2.60. The van der Waals surface area contributed by atoms with Crippen LogP contribution in [0.4, 0.5) is 21.5 Å². The standard InChI is InChI=1S/C28H26FN3O5S2/c1-20-8-11-24(18-21(20)2)31-38(34,35)26-16-12-23(13-17-26)30-28(33)19-32(25-6-4-3-5-7-25)39(36,37)27-14-9-22(29)10-15-27/h3-18,31H,19H2,1-2H3,(H,30,33). The predicted octanol–water partition coefficient (Wildman–Crippen LogP) is 5.08. The summed E-state index contributed by atoms with van der Waals surface area (Å²) in [7, 11) is -8.07. The molecule has 1 amide bonds. The number of rotatable bonds is 9. The smallest absolute Gasteiger partial charge is 0.264 e. The molecular weight excluding hydrogens is 541 g/mol. The first-order valence-corrected chi connectivity index (χ1v) is 14.7. The highest BCUT2D eigenvalue weighted by molar-refractivity contribution is 7.93. The Bertz CT molecular complexity index is 1690. The molecule has 0 aromatic heterocycles. The predicted molar refractivity (Wildman–Crippen MR) is 149 cm³/mol. The van der Waals surface area contributed by atoms with Gasteiger partial charge in [0, 0.05) is 11.4 Å². The lowest BCUT2D eigenvalue weighted by atomic mass is 10.1. The Labute approximate surface area is 227 Å². The molecule has 0 fully saturated rings. The van der Waals surface area contributed by atoms with Gasteiger partial charge in [0.15, 0.2) is 0 Å². The third-order valence-electron chi connectivity index (χ3n) is 5.94. The number of para-hydroxylation sites is 1. The molecule has 202 valence electrons. The molecule has 4 aromatic carbocycles. The molecule has 8 nitrogen and oxygen atoms in total. The number of nitrogens with one attached hydrogen (secondary N) is 2. The Morgan fingerprint density at radius 1 is 0.744 bits per heavy atom. The fourth-order valence-electron chi connectivity index (χ4n) is 3.71. The van der Waals surface area contributed by atoms with Crippen LogP contribution in [-0.4, -0.2) is 29.3 Å². The Morgan fingerprint density at radius 3 is 1.95 bits per heavy atom. The van der Waals surface area contributed by atoms with E-state index in [0.29, 0.717) is 5.69 Å². The summed E-state index contributed by atoms with van der Waals surface area (Å²) in [5.74, 6) is -1.25. The van der Waals surface area contributed by atoms with E-state index in [4.69, 9.17) is 0 Å². The number of aryl methyl sites for hydroxylation is 2. The van der Waals surface area contributed by atoms with Crippen molar-refractivity contribution in [3.8, 4) is 0 Å². The van der Waals surface area contributed by atoms with Gasteiger partial charge in [-0.05, 0) is 97.8 Å². The lowest BCUT2D eigenvalue weighted by Crippen LogP contribution is -2.38. The van der Waals surface area contributed by atoms with Gasteiger partial charge in [0.05, 0.1) is 15.5 Å². The van der Waals surface area contributed by atoms with E-state index in [1.807, 2.05) is 19.9 Å². The normalized spacial score (nSPS) is 11.6. The quantitative estimate of drug-likeness (QED) is 0.293. The molecule has 4 rings (SSSR count). The molecule has 0 aliphatic rings. The number of hydrogen-bond donors (Lipinski definition) is 2. The van der Waals surface area contributed by atoms with Crippen LogP contribution < -0.4 is 14.3 Å². The number of carbonyl (C=O) groups excluding carboxylic acids is 1. The van der Waals surface area contributed by atoms with Crippen molar-refractivity contribution in [1.29, 1.82) is 0 Å². The van der Waals surface area contributed by atoms with E-state index < -0.39 is 38.3 Å². The van der Waals surface area contributed by atoms with Crippen molar-refractivity contribution in [3.63, 3.8) is 0 Å². The summed E-state index contributed by atoms with van der Waals surface area (Å²) in [4.78, 5) is 12.7. The van der Waals surface area contributed by atoms with Crippen LogP contribution in [0.1, 0.15) is 11.1 Å². The molecule has 4 aromatic rings. The maximum absolute atomic E-state index is 13.4. The Balaban J connectivity index is 1.51. The molecule has 39 heavy (non-hydrogen) atoms. The second-order valence-corrected chi connectivity index (χ2v) is 12.3. The summed E-state index contributed by atoms with van der Waals surface area (Å²) < 4.78 is 69.1. The lowest BCUT2D eigenvalue weighted by Gasteiger charge is -2.24. The highest BCUT2D eigenvalue weighted by Crippen LogP contribution is 2.24. The fourth-order valence-corrected chi connectivity index (χ4v) is 6.18. The van der Waals surface area contributed by atoms with E-state index in [9.17, 15) is 26.0 Å². The van der Waals surface area contributed by atoms with Crippen LogP contribution in [0.5, 0.6) is 0 Å². The minimum absolute atomic E-state index is 0.0106. The molecular formula is C28H26FN3O5S2. The van der Waals surface area contributed by atoms with E-state index in [0.717, 1.165) is 39.7 Å². The Morgan fingerprint density at radius 2 is 1.33 bits per heavy atom. The molecule has 2 N–H and O–H groups in total. The van der Waals surface area contributed by atoms with Gasteiger partial charge in [0.1, 0.15) is 12.4 Å². The minimum Gasteiger partial charge on any atom is -0.325 e. The number of hydrogen-bond acceptors (Lipinski definition) is 5. The first-order valence-electron chi connectivity index (χ1n) is 11.8. The van der Waals surface area contributed by atoms with Crippen LogP contribution in [0.3, 0.4) is 0 Å². The summed E-state index contributed by atoms with van der Waals surface area (Å²) in [6.45, 7) is 3.24. The first-order chi connectivity index (χ1) is 18.5. The van der Waals surface area contributed by atoms with Gasteiger partial charge in [-0.2, -0.15) is 0 Å². The molecule has 0 spiro atoms. The van der Waals surface area contributed by atoms with E-state index in [-0.39, 0.29) is 21.2 Å². The molecule has 0 unspecified atom stereocenters. The van der Waals surface area contributed by atoms with E-state index in [1.165, 1.54) is 36.4 Å². The lowest BCUT2D eigenvalue weighted by molar-refractivity contribution is -0.114. The van der Waals surface area contributed by atoms with Crippen molar-refractivity contribution in [2.75, 3.05) is 20.9 Å². The van der Waals surface area contributed by atoms with Crippen molar-refractivity contribution in [2.24, 2.45) is 0 Å². The van der Waals surface area contributed by atoms with Gasteiger partial charge in [0.2, 0.25) is 5.91 Å². The number of carbonyl (C=O) groups is 1. The van der Waals surface area contributed by atoms with Crippen LogP contribution in [-0.2, 0) is 24.8 Å². The first kappa shape index (κ1) is 27.8. The third kappa shape index (κ3) is 6.62. The van der Waals surface area contributed by atoms with Gasteiger partial charge in [-0.1, -0.05) is 24.3 Å². The van der Waals surface area contributed by atoms with Crippen LogP contribution in [0, 0.1) is 19.7 Å². The van der Waals surface area contributed by atoms with Crippen LogP contribution in [0.25, 0.3) is 0 Å². The van der Waals surface area contributed by atoms with E-state index in [1.54, 1.807) is 30.3 Å². The second-order valence-electron chi connectivity index (χ2n) is 8.78. The molecule has 0 saturated carbocycles. The number of sulfonamides is 2. The van der Waals surface area contributed by atoms with Gasteiger partial charge in [-0.3, -0.25) is 13.8 Å². The number of anilines is 3. The molecule has 0 atom stereocenters. The fraction of sp³-hybridized carbons (Fsp3) is 0.107. The third-order valence-corrected chi connectivity index (χ3v) is 9.13. The van der Waals surface area contributed by atoms with Crippen molar-refractivity contribution < 1.29 is 26.0 Å². The number of amides is 1. The second kappa shape index (κ2) is 11.3. The maximum atomic E-state index is 13.4. The van der Waals surface area contributed by atoms with Crippen molar-refractivity contribution >= 4 is 43.0 Å². The van der Waals surface area contributed by atoms with Gasteiger partial charge in [-0.25, -0.2) is 21.2 Å². The monoisotopic (exact) mass is 567 g/mol. The zero-order valence-electron chi connectivity index (χ0n) is 21.1. The molecule has 0 bridgehead atoms. The topological polar surface area (TPSA) is 113 Å². The Kier molecular flexibility index (Phi) is 8.03. The molecule has 0 radical (unpaired) electrons. The summed E-state index contributed by atoms with van der Waals surface area (Å²) >= 11 is 0. The average Bonchev–Trinajstić information content (AvgIpc) is 2.90. The molecule has 11 heteroatoms. The minimum atomic E-state index is -4.20. The number of halogens is 1. The van der Waals surface area contributed by atoms with E-state index >= 15 is 0 Å². The van der Waals surface area contributed by atoms with Gasteiger partial charge < -0.3 is 5.32 Å². The number of benzene rings is 4. The molecule has 0 aliphatic carbocycles. The van der Waals surface area contributed by atoms with Crippen molar-refractivity contribution in [2.45, 2.75) is 23.6 Å². The summed E-state index contributed by atoms with van der Waals surface area (Å²) in [6, 6.07) is 23.1. The average molecular weight is 568 g/mol. The zero-order valence-corrected chi connectivity index (χ0v) is 22.8. The molecule has 0 saturated heterocycles. The SMILES string of the molecule is Cc1ccc(NS(=O)(=O)c2ccc(NC(=O)CN(c3ccccc3)S(=O)(=O)c3ccc(F)cc3)cc2)cc1C. The Hall–Kier alpha value is -4.22. The highest BCUT2D eigenvalue weighted by atomic mass is 32.2. The zero-order chi connectivity index (χ0) is 28.2. The maximum Gasteiger partial charge on any atom is 0.264 e. The summed E-state index contributed by atoms with van der Waals surface area (Å²) in [6.07, 6.45) is 0. The highest BCUT2D eigenvalue weighted by Gasteiger charge is 2.27. The number of nitrogens with zero attached hydrogens (tertiary/aromatic N) is 1.